The predicted molar refractivity (Wildman–Crippen MR) is 88.2 cm³/mol. The minimum absolute atomic E-state index is 0.0191. The second kappa shape index (κ2) is 6.78. The van der Waals surface area contributed by atoms with Gasteiger partial charge in [-0.25, -0.2) is 0 Å². The molecule has 0 atom stereocenters. The number of likely N-dealkylation sites (tertiary alicyclic amines) is 1. The molecule has 1 aliphatic heterocycles. The molecule has 0 N–H and O–H groups in total. The first-order valence-corrected chi connectivity index (χ1v) is 8.57. The van der Waals surface area contributed by atoms with Crippen LogP contribution in [0.5, 0.6) is 0 Å². The maximum absolute atomic E-state index is 12.5. The first kappa shape index (κ1) is 16.1. The molecule has 7 heteroatoms. The molecule has 0 spiro atoms. The molecule has 1 saturated heterocycles. The molecule has 122 valence electrons. The second-order valence-electron chi connectivity index (χ2n) is 6.09. The molecule has 0 unspecified atom stereocenters. The Hall–Kier alpha value is -1.76. The summed E-state index contributed by atoms with van der Waals surface area (Å²) in [5.41, 5.74) is 0.609. The van der Waals surface area contributed by atoms with Crippen molar-refractivity contribution < 1.29 is 9.21 Å². The van der Waals surface area contributed by atoms with Crippen LogP contribution in [0.15, 0.2) is 27.3 Å². The average Bonchev–Trinajstić information content (AvgIpc) is 3.04. The van der Waals surface area contributed by atoms with Gasteiger partial charge in [0.15, 0.2) is 0 Å². The topological polar surface area (TPSA) is 72.1 Å². The number of pyridine rings is 1. The Morgan fingerprint density at radius 2 is 2.04 bits per heavy atom. The van der Waals surface area contributed by atoms with E-state index in [-0.39, 0.29) is 17.7 Å². The lowest BCUT2D eigenvalue weighted by Gasteiger charge is -2.30. The van der Waals surface area contributed by atoms with Gasteiger partial charge in [0, 0.05) is 41.8 Å². The zero-order chi connectivity index (χ0) is 16.4. The molecule has 2 aromatic rings. The molecule has 0 radical (unpaired) electrons. The first-order valence-electron chi connectivity index (χ1n) is 7.77. The van der Waals surface area contributed by atoms with E-state index in [4.69, 9.17) is 4.42 Å². The number of aromatic nitrogens is 3. The maximum atomic E-state index is 12.5. The van der Waals surface area contributed by atoms with E-state index in [0.717, 1.165) is 17.3 Å². The fraction of sp³-hybridized carbons (Fsp3) is 0.500. The van der Waals surface area contributed by atoms with Gasteiger partial charge < -0.3 is 9.32 Å². The van der Waals surface area contributed by atoms with Crippen LogP contribution in [-0.4, -0.2) is 39.1 Å². The number of nitrogens with zero attached hydrogens (tertiary/aromatic N) is 4. The van der Waals surface area contributed by atoms with Gasteiger partial charge in [-0.1, -0.05) is 13.8 Å². The Morgan fingerprint density at radius 3 is 2.65 bits per heavy atom. The minimum Gasteiger partial charge on any atom is -0.425 e. The Balaban J connectivity index is 1.62. The summed E-state index contributed by atoms with van der Waals surface area (Å²) in [6.45, 7) is 5.44. The zero-order valence-electron chi connectivity index (χ0n) is 13.2. The van der Waals surface area contributed by atoms with Crippen LogP contribution in [0, 0.1) is 0 Å². The van der Waals surface area contributed by atoms with Crippen molar-refractivity contribution >= 4 is 21.8 Å². The van der Waals surface area contributed by atoms with Gasteiger partial charge in [0.05, 0.1) is 5.56 Å². The molecule has 0 aliphatic carbocycles. The Kier molecular flexibility index (Phi) is 4.75. The normalized spacial score (nSPS) is 16.1. The van der Waals surface area contributed by atoms with Gasteiger partial charge in [-0.15, -0.1) is 10.2 Å². The average molecular weight is 379 g/mol. The van der Waals surface area contributed by atoms with E-state index in [9.17, 15) is 4.79 Å². The van der Waals surface area contributed by atoms with Crippen molar-refractivity contribution in [3.8, 4) is 0 Å². The van der Waals surface area contributed by atoms with E-state index >= 15 is 0 Å². The molecular formula is C16H19BrN4O2. The number of carbonyl (C=O) groups is 1. The van der Waals surface area contributed by atoms with Gasteiger partial charge in [-0.3, -0.25) is 9.78 Å². The third-order valence-corrected chi connectivity index (χ3v) is 4.47. The van der Waals surface area contributed by atoms with Crippen LogP contribution in [0.3, 0.4) is 0 Å². The molecule has 0 bridgehead atoms. The van der Waals surface area contributed by atoms with Gasteiger partial charge in [0.1, 0.15) is 0 Å². The van der Waals surface area contributed by atoms with Crippen molar-refractivity contribution in [3.05, 3.63) is 40.3 Å². The molecule has 1 amide bonds. The van der Waals surface area contributed by atoms with E-state index in [1.807, 2.05) is 18.7 Å². The standard InChI is InChI=1S/C16H19BrN4O2/c1-10(2)14-19-20-15(23-14)11-3-5-21(6-4-11)16(22)12-7-13(17)9-18-8-12/h7-11H,3-6H2,1-2H3. The van der Waals surface area contributed by atoms with Crippen molar-refractivity contribution in [2.24, 2.45) is 0 Å². The number of rotatable bonds is 3. The van der Waals surface area contributed by atoms with Crippen molar-refractivity contribution in [1.29, 1.82) is 0 Å². The molecule has 23 heavy (non-hydrogen) atoms. The van der Waals surface area contributed by atoms with Crippen molar-refractivity contribution in [3.63, 3.8) is 0 Å². The van der Waals surface area contributed by atoms with Crippen LogP contribution in [0.1, 0.15) is 60.7 Å². The summed E-state index contributed by atoms with van der Waals surface area (Å²) in [5.74, 6) is 1.87. The zero-order valence-corrected chi connectivity index (χ0v) is 14.8. The third kappa shape index (κ3) is 3.60. The number of hydrogen-bond acceptors (Lipinski definition) is 5. The molecule has 1 aliphatic rings. The highest BCUT2D eigenvalue weighted by Gasteiger charge is 2.28. The monoisotopic (exact) mass is 378 g/mol. The van der Waals surface area contributed by atoms with Crippen LogP contribution >= 0.6 is 15.9 Å². The van der Waals surface area contributed by atoms with Crippen LogP contribution in [0.2, 0.25) is 0 Å². The Bertz CT molecular complexity index is 693. The summed E-state index contributed by atoms with van der Waals surface area (Å²) < 4.78 is 6.55. The highest BCUT2D eigenvalue weighted by Crippen LogP contribution is 2.29. The number of piperidine rings is 1. The molecule has 3 rings (SSSR count). The minimum atomic E-state index is 0.0191. The van der Waals surface area contributed by atoms with Crippen LogP contribution in [-0.2, 0) is 0 Å². The molecule has 0 aromatic carbocycles. The Morgan fingerprint density at radius 1 is 1.30 bits per heavy atom. The van der Waals surface area contributed by atoms with Crippen molar-refractivity contribution in [2.75, 3.05) is 13.1 Å². The van der Waals surface area contributed by atoms with Crippen molar-refractivity contribution in [1.82, 2.24) is 20.1 Å². The summed E-state index contributed by atoms with van der Waals surface area (Å²) in [7, 11) is 0. The quantitative estimate of drug-likeness (QED) is 0.818. The van der Waals surface area contributed by atoms with E-state index in [2.05, 4.69) is 31.1 Å². The summed E-state index contributed by atoms with van der Waals surface area (Å²) in [6, 6.07) is 1.80. The van der Waals surface area contributed by atoms with E-state index in [1.165, 1.54) is 0 Å². The van der Waals surface area contributed by atoms with Crippen LogP contribution in [0.4, 0.5) is 0 Å². The van der Waals surface area contributed by atoms with E-state index < -0.39 is 0 Å². The maximum Gasteiger partial charge on any atom is 0.255 e. The predicted octanol–water partition coefficient (Wildman–Crippen LogP) is 3.37. The highest BCUT2D eigenvalue weighted by atomic mass is 79.9. The number of halogens is 1. The summed E-state index contributed by atoms with van der Waals surface area (Å²) in [6.07, 6.45) is 4.96. The lowest BCUT2D eigenvalue weighted by atomic mass is 9.96. The van der Waals surface area contributed by atoms with E-state index in [1.54, 1.807) is 18.5 Å². The smallest absolute Gasteiger partial charge is 0.255 e. The van der Waals surface area contributed by atoms with Gasteiger partial charge in [0.25, 0.3) is 5.91 Å². The van der Waals surface area contributed by atoms with Crippen LogP contribution in [0.25, 0.3) is 0 Å². The molecule has 0 saturated carbocycles. The van der Waals surface area contributed by atoms with Gasteiger partial charge in [-0.2, -0.15) is 0 Å². The third-order valence-electron chi connectivity index (χ3n) is 4.03. The van der Waals surface area contributed by atoms with Crippen molar-refractivity contribution in [2.45, 2.75) is 38.5 Å². The lowest BCUT2D eigenvalue weighted by molar-refractivity contribution is 0.0705. The largest absolute Gasteiger partial charge is 0.425 e. The molecule has 3 heterocycles. The van der Waals surface area contributed by atoms with Gasteiger partial charge in [0.2, 0.25) is 11.8 Å². The number of carbonyl (C=O) groups excluding carboxylic acids is 1. The second-order valence-corrected chi connectivity index (χ2v) is 7.01. The molecule has 1 fully saturated rings. The molecular weight excluding hydrogens is 360 g/mol. The number of hydrogen-bond donors (Lipinski definition) is 0. The highest BCUT2D eigenvalue weighted by molar-refractivity contribution is 9.10. The Labute approximate surface area is 143 Å². The van der Waals surface area contributed by atoms with Gasteiger partial charge >= 0.3 is 0 Å². The lowest BCUT2D eigenvalue weighted by Crippen LogP contribution is -2.38. The molecule has 2 aromatic heterocycles. The first-order chi connectivity index (χ1) is 11.0. The van der Waals surface area contributed by atoms with Crippen LogP contribution < -0.4 is 0 Å². The fourth-order valence-corrected chi connectivity index (χ4v) is 3.05. The fourth-order valence-electron chi connectivity index (χ4n) is 2.69. The molecule has 6 nitrogen and oxygen atoms in total. The number of amides is 1. The summed E-state index contributed by atoms with van der Waals surface area (Å²) >= 11 is 3.35. The summed E-state index contributed by atoms with van der Waals surface area (Å²) in [5, 5.41) is 8.26. The summed E-state index contributed by atoms with van der Waals surface area (Å²) in [4.78, 5) is 18.4. The SMILES string of the molecule is CC(C)c1nnc(C2CCN(C(=O)c3cncc(Br)c3)CC2)o1. The van der Waals surface area contributed by atoms with Gasteiger partial charge in [-0.05, 0) is 34.8 Å². The van der Waals surface area contributed by atoms with E-state index in [0.29, 0.717) is 30.4 Å².